The lowest BCUT2D eigenvalue weighted by Crippen LogP contribution is -2.32. The molecule has 7 nitrogen and oxygen atoms in total. The van der Waals surface area contributed by atoms with E-state index >= 15 is 0 Å². The number of hydrogen-bond donors (Lipinski definition) is 3. The molecule has 0 spiro atoms. The first-order valence-corrected chi connectivity index (χ1v) is 11.8. The fourth-order valence-corrected chi connectivity index (χ4v) is 4.96. The Morgan fingerprint density at radius 1 is 0.971 bits per heavy atom. The number of benzene rings is 2. The molecule has 178 valence electrons. The van der Waals surface area contributed by atoms with Crippen molar-refractivity contribution in [2.45, 2.75) is 31.6 Å². The minimum absolute atomic E-state index is 0.0000169. The number of carboxylic acid groups (broad SMARTS) is 1. The number of aliphatic carboxylic acids is 1. The van der Waals surface area contributed by atoms with Crippen LogP contribution >= 0.6 is 0 Å². The Hall–Kier alpha value is -3.61. The normalized spacial score (nSPS) is 19.3. The van der Waals surface area contributed by atoms with E-state index in [1.165, 1.54) is 17.2 Å². The van der Waals surface area contributed by atoms with Gasteiger partial charge >= 0.3 is 12.1 Å². The molecule has 2 aromatic carbocycles. The fourth-order valence-electron chi connectivity index (χ4n) is 4.96. The van der Waals surface area contributed by atoms with E-state index in [1.54, 1.807) is 6.08 Å². The Morgan fingerprint density at radius 2 is 1.65 bits per heavy atom. The Kier molecular flexibility index (Phi) is 7.62. The van der Waals surface area contributed by atoms with E-state index in [-0.39, 0.29) is 36.8 Å². The number of amides is 2. The quantitative estimate of drug-likeness (QED) is 0.513. The SMILES string of the molecule is O=C(/C=C/CNC(=O)OCC1c2ccccc2-c2ccccc21)NCC1CCCC(C(=O)O)C1. The van der Waals surface area contributed by atoms with Gasteiger partial charge in [-0.25, -0.2) is 4.79 Å². The van der Waals surface area contributed by atoms with Crippen LogP contribution in [0.15, 0.2) is 60.7 Å². The summed E-state index contributed by atoms with van der Waals surface area (Å²) < 4.78 is 5.47. The highest BCUT2D eigenvalue weighted by Crippen LogP contribution is 2.44. The first-order valence-electron chi connectivity index (χ1n) is 11.8. The van der Waals surface area contributed by atoms with E-state index in [0.29, 0.717) is 19.4 Å². The summed E-state index contributed by atoms with van der Waals surface area (Å²) in [5.41, 5.74) is 4.65. The smallest absolute Gasteiger partial charge is 0.407 e. The van der Waals surface area contributed by atoms with Gasteiger partial charge in [0.2, 0.25) is 5.91 Å². The van der Waals surface area contributed by atoms with Crippen molar-refractivity contribution in [2.75, 3.05) is 19.7 Å². The van der Waals surface area contributed by atoms with Crippen molar-refractivity contribution in [3.63, 3.8) is 0 Å². The average molecular weight is 463 g/mol. The van der Waals surface area contributed by atoms with Gasteiger partial charge in [-0.15, -0.1) is 0 Å². The monoisotopic (exact) mass is 462 g/mol. The summed E-state index contributed by atoms with van der Waals surface area (Å²) in [4.78, 5) is 35.3. The van der Waals surface area contributed by atoms with Crippen molar-refractivity contribution in [2.24, 2.45) is 11.8 Å². The summed E-state index contributed by atoms with van der Waals surface area (Å²) in [6.45, 7) is 0.879. The number of hydrogen-bond acceptors (Lipinski definition) is 4. The van der Waals surface area contributed by atoms with Crippen LogP contribution in [-0.2, 0) is 14.3 Å². The second kappa shape index (κ2) is 11.0. The fraction of sp³-hybridized carbons (Fsp3) is 0.370. The second-order valence-electron chi connectivity index (χ2n) is 8.92. The van der Waals surface area contributed by atoms with E-state index < -0.39 is 12.1 Å². The van der Waals surface area contributed by atoms with E-state index in [4.69, 9.17) is 9.84 Å². The Bertz CT molecular complexity index is 1030. The van der Waals surface area contributed by atoms with Gasteiger partial charge in [-0.3, -0.25) is 9.59 Å². The molecule has 2 aliphatic carbocycles. The van der Waals surface area contributed by atoms with Gasteiger partial charge < -0.3 is 20.5 Å². The second-order valence-corrected chi connectivity index (χ2v) is 8.92. The van der Waals surface area contributed by atoms with Crippen molar-refractivity contribution in [3.05, 3.63) is 71.8 Å². The summed E-state index contributed by atoms with van der Waals surface area (Å²) >= 11 is 0. The summed E-state index contributed by atoms with van der Waals surface area (Å²) in [6, 6.07) is 16.3. The number of carbonyl (C=O) groups is 3. The van der Waals surface area contributed by atoms with Crippen LogP contribution in [0.5, 0.6) is 0 Å². The van der Waals surface area contributed by atoms with E-state index in [1.807, 2.05) is 24.3 Å². The maximum absolute atomic E-state index is 12.2. The van der Waals surface area contributed by atoms with Gasteiger partial charge in [0.15, 0.2) is 0 Å². The first kappa shape index (κ1) is 23.5. The molecule has 4 rings (SSSR count). The first-order chi connectivity index (χ1) is 16.5. The molecule has 3 N–H and O–H groups in total. The van der Waals surface area contributed by atoms with Crippen LogP contribution in [0.2, 0.25) is 0 Å². The maximum atomic E-state index is 12.2. The van der Waals surface area contributed by atoms with Crippen LogP contribution in [-0.4, -0.2) is 42.8 Å². The molecule has 0 radical (unpaired) electrons. The zero-order chi connectivity index (χ0) is 23.9. The summed E-state index contributed by atoms with van der Waals surface area (Å²) in [5, 5.41) is 14.6. The van der Waals surface area contributed by atoms with Crippen molar-refractivity contribution >= 4 is 18.0 Å². The number of nitrogens with one attached hydrogen (secondary N) is 2. The molecule has 0 aromatic heterocycles. The number of carboxylic acids is 1. The number of fused-ring (bicyclic) bond motifs is 3. The molecule has 0 saturated heterocycles. The molecule has 2 aromatic rings. The number of carbonyl (C=O) groups excluding carboxylic acids is 2. The van der Waals surface area contributed by atoms with Crippen molar-refractivity contribution in [1.29, 1.82) is 0 Å². The summed E-state index contributed by atoms with van der Waals surface area (Å²) in [6.07, 6.45) is 5.52. The Morgan fingerprint density at radius 3 is 2.32 bits per heavy atom. The Labute approximate surface area is 199 Å². The van der Waals surface area contributed by atoms with Crippen LogP contribution in [0.4, 0.5) is 4.79 Å². The van der Waals surface area contributed by atoms with E-state index in [0.717, 1.165) is 24.0 Å². The predicted octanol–water partition coefficient (Wildman–Crippen LogP) is 4.09. The standard InChI is InChI=1S/C27H30N2O5/c30-25(29-16-18-7-5-8-19(15-18)26(31)32)13-6-14-28-27(33)34-17-24-22-11-3-1-9-20(22)21-10-2-4-12-23(21)24/h1-4,6,9-13,18-19,24H,5,7-8,14-17H2,(H,28,33)(H,29,30)(H,31,32)/b13-6+. The third-order valence-corrected chi connectivity index (χ3v) is 6.67. The van der Waals surface area contributed by atoms with Gasteiger partial charge in [0.25, 0.3) is 0 Å². The molecule has 1 saturated carbocycles. The molecule has 2 unspecified atom stereocenters. The Balaban J connectivity index is 1.18. The van der Waals surface area contributed by atoms with Gasteiger partial charge in [-0.1, -0.05) is 61.0 Å². The lowest BCUT2D eigenvalue weighted by molar-refractivity contribution is -0.143. The number of ether oxygens (including phenoxy) is 1. The molecule has 34 heavy (non-hydrogen) atoms. The molecule has 1 fully saturated rings. The average Bonchev–Trinajstić information content (AvgIpc) is 3.18. The van der Waals surface area contributed by atoms with Crippen LogP contribution in [0.3, 0.4) is 0 Å². The molecular weight excluding hydrogens is 432 g/mol. The minimum Gasteiger partial charge on any atom is -0.481 e. The summed E-state index contributed by atoms with van der Waals surface area (Å²) in [7, 11) is 0. The topological polar surface area (TPSA) is 105 Å². The van der Waals surface area contributed by atoms with E-state index in [9.17, 15) is 14.4 Å². The van der Waals surface area contributed by atoms with Crippen LogP contribution in [0.1, 0.15) is 42.7 Å². The molecule has 2 atom stereocenters. The molecule has 0 heterocycles. The molecule has 2 amide bonds. The van der Waals surface area contributed by atoms with Crippen molar-refractivity contribution < 1.29 is 24.2 Å². The zero-order valence-corrected chi connectivity index (χ0v) is 19.0. The largest absolute Gasteiger partial charge is 0.481 e. The van der Waals surface area contributed by atoms with Gasteiger partial charge in [0, 0.05) is 25.1 Å². The maximum Gasteiger partial charge on any atom is 0.407 e. The molecular formula is C27H30N2O5. The third kappa shape index (κ3) is 5.65. The summed E-state index contributed by atoms with van der Waals surface area (Å²) in [5.74, 6) is -1.14. The molecule has 7 heteroatoms. The molecule has 0 aliphatic heterocycles. The predicted molar refractivity (Wildman–Crippen MR) is 128 cm³/mol. The van der Waals surface area contributed by atoms with Crippen LogP contribution in [0.25, 0.3) is 11.1 Å². The lowest BCUT2D eigenvalue weighted by atomic mass is 9.81. The number of rotatable bonds is 8. The van der Waals surface area contributed by atoms with Crippen molar-refractivity contribution in [1.82, 2.24) is 10.6 Å². The van der Waals surface area contributed by atoms with Gasteiger partial charge in [-0.2, -0.15) is 0 Å². The van der Waals surface area contributed by atoms with E-state index in [2.05, 4.69) is 34.9 Å². The molecule has 0 bridgehead atoms. The third-order valence-electron chi connectivity index (χ3n) is 6.67. The highest BCUT2D eigenvalue weighted by Gasteiger charge is 2.29. The van der Waals surface area contributed by atoms with Crippen LogP contribution in [0, 0.1) is 11.8 Å². The zero-order valence-electron chi connectivity index (χ0n) is 19.0. The number of alkyl carbamates (subject to hydrolysis) is 1. The van der Waals surface area contributed by atoms with Crippen molar-refractivity contribution in [3.8, 4) is 11.1 Å². The minimum atomic E-state index is -0.754. The highest BCUT2D eigenvalue weighted by atomic mass is 16.5. The van der Waals surface area contributed by atoms with Gasteiger partial charge in [-0.05, 0) is 47.4 Å². The van der Waals surface area contributed by atoms with Gasteiger partial charge in [0.05, 0.1) is 5.92 Å². The van der Waals surface area contributed by atoms with Gasteiger partial charge in [0.1, 0.15) is 6.61 Å². The highest BCUT2D eigenvalue weighted by molar-refractivity contribution is 5.87. The lowest BCUT2D eigenvalue weighted by Gasteiger charge is -2.26. The van der Waals surface area contributed by atoms with Crippen LogP contribution < -0.4 is 10.6 Å². The molecule has 2 aliphatic rings.